The lowest BCUT2D eigenvalue weighted by atomic mass is 9.84. The maximum atomic E-state index is 12.9. The highest BCUT2D eigenvalue weighted by Crippen LogP contribution is 2.45. The number of nitrogens with one attached hydrogen (secondary N) is 2. The Morgan fingerprint density at radius 3 is 2.70 bits per heavy atom. The van der Waals surface area contributed by atoms with Gasteiger partial charge in [-0.2, -0.15) is 0 Å². The van der Waals surface area contributed by atoms with Crippen LogP contribution in [0.15, 0.2) is 24.3 Å². The summed E-state index contributed by atoms with van der Waals surface area (Å²) >= 11 is 1.66. The lowest BCUT2D eigenvalue weighted by molar-refractivity contribution is -0.142. The fourth-order valence-electron chi connectivity index (χ4n) is 4.62. The minimum absolute atomic E-state index is 0.0568. The predicted molar refractivity (Wildman–Crippen MR) is 130 cm³/mol. The zero-order valence-corrected chi connectivity index (χ0v) is 20.7. The second kappa shape index (κ2) is 10.8. The number of nitrogens with zero attached hydrogens (tertiary/aromatic N) is 1. The van der Waals surface area contributed by atoms with Crippen molar-refractivity contribution >= 4 is 29.5 Å². The van der Waals surface area contributed by atoms with Crippen LogP contribution in [0.1, 0.15) is 45.6 Å². The summed E-state index contributed by atoms with van der Waals surface area (Å²) < 4.78 is 5.42. The van der Waals surface area contributed by atoms with Gasteiger partial charge >= 0.3 is 0 Å². The molecular weight excluding hydrogens is 440 g/mol. The van der Waals surface area contributed by atoms with Crippen molar-refractivity contribution in [1.82, 2.24) is 15.5 Å². The standard InChI is InChI=1S/C15H26N4O3S.C9H10O/c1-8(17-4)13(21)18-9-5-6-23-10-7-15(2,3)11(12(16)20)19(10)14(9)22;1-2-6-9-8(4-1)5-3-7-10-9/h8-11,17H,5-7H2,1-4H3,(H2,16,20)(H,18,21);1-2,4,6H,3,5,7H2. The Labute approximate surface area is 200 Å². The topological polar surface area (TPSA) is 114 Å². The third-order valence-corrected chi connectivity index (χ3v) is 7.78. The summed E-state index contributed by atoms with van der Waals surface area (Å²) in [4.78, 5) is 38.6. The molecule has 3 aliphatic heterocycles. The number of likely N-dealkylation sites (N-methyl/N-ethyl adjacent to an activating group) is 1. The van der Waals surface area contributed by atoms with Crippen LogP contribution in [0.4, 0.5) is 0 Å². The van der Waals surface area contributed by atoms with E-state index < -0.39 is 18.0 Å². The molecule has 0 saturated carbocycles. The van der Waals surface area contributed by atoms with Gasteiger partial charge in [-0.3, -0.25) is 14.4 Å². The van der Waals surface area contributed by atoms with E-state index in [0.717, 1.165) is 31.0 Å². The number of thioether (sulfide) groups is 1. The summed E-state index contributed by atoms with van der Waals surface area (Å²) in [5, 5.41) is 5.60. The van der Waals surface area contributed by atoms with Crippen molar-refractivity contribution in [3.8, 4) is 5.75 Å². The first kappa shape index (κ1) is 25.4. The van der Waals surface area contributed by atoms with Crippen LogP contribution < -0.4 is 21.1 Å². The van der Waals surface area contributed by atoms with Crippen molar-refractivity contribution in [3.63, 3.8) is 0 Å². The summed E-state index contributed by atoms with van der Waals surface area (Å²) in [5.41, 5.74) is 6.57. The van der Waals surface area contributed by atoms with E-state index in [1.54, 1.807) is 30.6 Å². The molecule has 3 heterocycles. The van der Waals surface area contributed by atoms with E-state index in [-0.39, 0.29) is 28.6 Å². The maximum Gasteiger partial charge on any atom is 0.246 e. The Bertz CT molecular complexity index is 853. The fourth-order valence-corrected chi connectivity index (χ4v) is 6.19. The lowest BCUT2D eigenvalue weighted by Crippen LogP contribution is -2.57. The molecule has 3 aliphatic rings. The minimum Gasteiger partial charge on any atom is -0.493 e. The molecule has 4 atom stereocenters. The first-order valence-electron chi connectivity index (χ1n) is 11.6. The molecule has 1 aromatic rings. The number of hydrogen-bond acceptors (Lipinski definition) is 6. The lowest BCUT2D eigenvalue weighted by Gasteiger charge is -2.32. The highest BCUT2D eigenvalue weighted by molar-refractivity contribution is 7.99. The van der Waals surface area contributed by atoms with Gasteiger partial charge in [-0.05, 0) is 62.5 Å². The van der Waals surface area contributed by atoms with Crippen molar-refractivity contribution in [3.05, 3.63) is 29.8 Å². The van der Waals surface area contributed by atoms with Gasteiger partial charge in [0.1, 0.15) is 17.8 Å². The first-order valence-corrected chi connectivity index (χ1v) is 12.6. The largest absolute Gasteiger partial charge is 0.493 e. The molecule has 3 amide bonds. The summed E-state index contributed by atoms with van der Waals surface area (Å²) in [7, 11) is 1.69. The Balaban J connectivity index is 0.000000252. The molecule has 0 aliphatic carbocycles. The Morgan fingerprint density at radius 1 is 1.30 bits per heavy atom. The number of carbonyl (C=O) groups is 3. The number of carbonyl (C=O) groups excluding carboxylic acids is 3. The molecule has 0 aromatic heterocycles. The fraction of sp³-hybridized carbons (Fsp3) is 0.625. The van der Waals surface area contributed by atoms with Crippen LogP contribution in [0.5, 0.6) is 5.75 Å². The van der Waals surface area contributed by atoms with E-state index in [2.05, 4.69) is 22.8 Å². The van der Waals surface area contributed by atoms with Crippen LogP contribution >= 0.6 is 11.8 Å². The van der Waals surface area contributed by atoms with E-state index >= 15 is 0 Å². The van der Waals surface area contributed by atoms with Gasteiger partial charge in [0.2, 0.25) is 17.7 Å². The molecule has 0 spiro atoms. The monoisotopic (exact) mass is 476 g/mol. The second-order valence-corrected chi connectivity index (χ2v) is 10.8. The van der Waals surface area contributed by atoms with Crippen LogP contribution in [-0.4, -0.2) is 65.5 Å². The van der Waals surface area contributed by atoms with Crippen molar-refractivity contribution < 1.29 is 19.1 Å². The van der Waals surface area contributed by atoms with Gasteiger partial charge < -0.3 is 26.0 Å². The number of para-hydroxylation sites is 1. The summed E-state index contributed by atoms with van der Waals surface area (Å²) in [6, 6.07) is 6.63. The summed E-state index contributed by atoms with van der Waals surface area (Å²) in [6.45, 7) is 6.54. The molecule has 9 heteroatoms. The molecule has 182 valence electrons. The van der Waals surface area contributed by atoms with Crippen LogP contribution in [0.25, 0.3) is 0 Å². The number of benzene rings is 1. The Morgan fingerprint density at radius 2 is 2.03 bits per heavy atom. The van der Waals surface area contributed by atoms with Crippen molar-refractivity contribution in [2.75, 3.05) is 19.4 Å². The highest BCUT2D eigenvalue weighted by atomic mass is 32.2. The van der Waals surface area contributed by atoms with Crippen LogP contribution in [0, 0.1) is 5.41 Å². The molecule has 2 saturated heterocycles. The molecule has 2 fully saturated rings. The van der Waals surface area contributed by atoms with Crippen LogP contribution in [-0.2, 0) is 20.8 Å². The average Bonchev–Trinajstić information content (AvgIpc) is 2.99. The highest BCUT2D eigenvalue weighted by Gasteiger charge is 2.53. The van der Waals surface area contributed by atoms with E-state index in [0.29, 0.717) is 6.42 Å². The van der Waals surface area contributed by atoms with Crippen molar-refractivity contribution in [2.24, 2.45) is 11.1 Å². The van der Waals surface area contributed by atoms with Crippen molar-refractivity contribution in [2.45, 2.75) is 70.0 Å². The third-order valence-electron chi connectivity index (χ3n) is 6.53. The van der Waals surface area contributed by atoms with E-state index in [4.69, 9.17) is 10.5 Å². The Kier molecular flexibility index (Phi) is 8.28. The van der Waals surface area contributed by atoms with E-state index in [1.165, 1.54) is 12.0 Å². The average molecular weight is 477 g/mol. The molecule has 8 nitrogen and oxygen atoms in total. The summed E-state index contributed by atoms with van der Waals surface area (Å²) in [6.07, 6.45) is 3.63. The maximum absolute atomic E-state index is 12.9. The number of nitrogens with two attached hydrogens (primary N) is 1. The van der Waals surface area contributed by atoms with Crippen LogP contribution in [0.2, 0.25) is 0 Å². The van der Waals surface area contributed by atoms with E-state index in [9.17, 15) is 14.4 Å². The zero-order valence-electron chi connectivity index (χ0n) is 19.9. The van der Waals surface area contributed by atoms with Crippen molar-refractivity contribution in [1.29, 1.82) is 0 Å². The molecule has 0 bridgehead atoms. The number of primary amides is 1. The number of ether oxygens (including phenoxy) is 1. The molecule has 4 rings (SSSR count). The quantitative estimate of drug-likeness (QED) is 0.609. The van der Waals surface area contributed by atoms with Gasteiger partial charge in [0, 0.05) is 0 Å². The Hall–Kier alpha value is -2.26. The van der Waals surface area contributed by atoms with Gasteiger partial charge in [-0.25, -0.2) is 0 Å². The molecular formula is C24H36N4O4S. The molecule has 1 aromatic carbocycles. The predicted octanol–water partition coefficient (Wildman–Crippen LogP) is 1.67. The number of amides is 3. The molecule has 0 radical (unpaired) electrons. The van der Waals surface area contributed by atoms with Crippen LogP contribution in [0.3, 0.4) is 0 Å². The molecule has 4 unspecified atom stereocenters. The zero-order chi connectivity index (χ0) is 24.2. The molecule has 4 N–H and O–H groups in total. The van der Waals surface area contributed by atoms with Gasteiger partial charge in [-0.15, -0.1) is 11.8 Å². The van der Waals surface area contributed by atoms with E-state index in [1.807, 2.05) is 26.0 Å². The number of fused-ring (bicyclic) bond motifs is 2. The minimum atomic E-state index is -0.633. The third kappa shape index (κ3) is 5.81. The van der Waals surface area contributed by atoms with Gasteiger partial charge in [-0.1, -0.05) is 32.0 Å². The smallest absolute Gasteiger partial charge is 0.246 e. The number of hydrogen-bond donors (Lipinski definition) is 3. The van der Waals surface area contributed by atoms with Gasteiger partial charge in [0.25, 0.3) is 0 Å². The SMILES string of the molecule is CNC(C)C(=O)NC1CCSC2CC(C)(C)C(C(N)=O)N2C1=O.c1ccc2c(c1)CCCO2. The van der Waals surface area contributed by atoms with Gasteiger partial charge in [0.05, 0.1) is 18.0 Å². The summed E-state index contributed by atoms with van der Waals surface area (Å²) in [5.74, 6) is 0.929. The number of rotatable bonds is 4. The second-order valence-electron chi connectivity index (χ2n) is 9.49. The van der Waals surface area contributed by atoms with Gasteiger partial charge in [0.15, 0.2) is 0 Å². The number of aryl methyl sites for hydroxylation is 1. The molecule has 33 heavy (non-hydrogen) atoms. The normalized spacial score (nSPS) is 26.5. The first-order chi connectivity index (χ1) is 15.7.